The zero-order chi connectivity index (χ0) is 10.9. The van der Waals surface area contributed by atoms with E-state index in [2.05, 4.69) is 26.8 Å². The fourth-order valence-electron chi connectivity index (χ4n) is 1.80. The molecule has 0 aliphatic heterocycles. The van der Waals surface area contributed by atoms with Gasteiger partial charge in [-0.3, -0.25) is 4.79 Å². The van der Waals surface area contributed by atoms with E-state index in [-0.39, 0.29) is 5.78 Å². The highest BCUT2D eigenvalue weighted by Gasteiger charge is 2.28. The average molecular weight is 192 g/mol. The van der Waals surface area contributed by atoms with Crippen molar-refractivity contribution in [3.05, 3.63) is 22.8 Å². The summed E-state index contributed by atoms with van der Waals surface area (Å²) in [5.74, 6) is 0.176. The van der Waals surface area contributed by atoms with E-state index in [9.17, 15) is 4.79 Å². The van der Waals surface area contributed by atoms with E-state index in [0.29, 0.717) is 5.41 Å². The quantitative estimate of drug-likeness (QED) is 0.610. The third kappa shape index (κ3) is 2.14. The fourth-order valence-corrected chi connectivity index (χ4v) is 1.80. The number of carbonyl (C=O) groups excluding carboxylic acids is 1. The average Bonchev–Trinajstić information content (AvgIpc) is 2.32. The van der Waals surface area contributed by atoms with Gasteiger partial charge in [0.25, 0.3) is 0 Å². The molecule has 0 atom stereocenters. The summed E-state index contributed by atoms with van der Waals surface area (Å²) in [6.45, 7) is 10.3. The first-order valence-electron chi connectivity index (χ1n) is 5.24. The Kier molecular flexibility index (Phi) is 2.98. The minimum Gasteiger partial charge on any atom is -0.295 e. The molecule has 0 bridgehead atoms. The third-order valence-corrected chi connectivity index (χ3v) is 3.46. The molecular formula is C13H20O. The molecule has 0 unspecified atom stereocenters. The van der Waals surface area contributed by atoms with Gasteiger partial charge in [0.1, 0.15) is 0 Å². The van der Waals surface area contributed by atoms with Gasteiger partial charge in [-0.1, -0.05) is 25.5 Å². The molecule has 0 aromatic rings. The van der Waals surface area contributed by atoms with Crippen molar-refractivity contribution in [3.63, 3.8) is 0 Å². The Morgan fingerprint density at radius 1 is 1.36 bits per heavy atom. The molecule has 0 radical (unpaired) electrons. The van der Waals surface area contributed by atoms with Gasteiger partial charge >= 0.3 is 0 Å². The van der Waals surface area contributed by atoms with Gasteiger partial charge in [-0.25, -0.2) is 0 Å². The van der Waals surface area contributed by atoms with Crippen molar-refractivity contribution < 1.29 is 4.79 Å². The zero-order valence-electron chi connectivity index (χ0n) is 9.90. The van der Waals surface area contributed by atoms with Gasteiger partial charge in [0.2, 0.25) is 0 Å². The van der Waals surface area contributed by atoms with E-state index in [1.807, 2.05) is 6.92 Å². The monoisotopic (exact) mass is 192 g/mol. The zero-order valence-corrected chi connectivity index (χ0v) is 9.90. The predicted molar refractivity (Wildman–Crippen MR) is 60.2 cm³/mol. The predicted octanol–water partition coefficient (Wildman–Crippen LogP) is 3.66. The van der Waals surface area contributed by atoms with Crippen molar-refractivity contribution in [1.29, 1.82) is 0 Å². The van der Waals surface area contributed by atoms with Gasteiger partial charge in [0.15, 0.2) is 5.78 Å². The van der Waals surface area contributed by atoms with Crippen LogP contribution in [0.1, 0.15) is 47.5 Å². The fraction of sp³-hybridized carbons (Fsp3) is 0.615. The van der Waals surface area contributed by atoms with E-state index < -0.39 is 0 Å². The van der Waals surface area contributed by atoms with E-state index in [1.165, 1.54) is 17.6 Å². The minimum atomic E-state index is 0.176. The van der Waals surface area contributed by atoms with Crippen LogP contribution >= 0.6 is 0 Å². The second kappa shape index (κ2) is 3.72. The Morgan fingerprint density at radius 3 is 2.29 bits per heavy atom. The minimum absolute atomic E-state index is 0.176. The Bertz CT molecular complexity index is 316. The maximum Gasteiger partial charge on any atom is 0.155 e. The largest absolute Gasteiger partial charge is 0.295 e. The molecule has 0 fully saturated rings. The van der Waals surface area contributed by atoms with Gasteiger partial charge in [-0.2, -0.15) is 0 Å². The number of ketones is 1. The molecule has 0 spiro atoms. The Labute approximate surface area is 86.9 Å². The van der Waals surface area contributed by atoms with Crippen LogP contribution in [0.3, 0.4) is 0 Å². The number of allylic oxidation sites excluding steroid dienone is 4. The molecule has 0 aromatic heterocycles. The molecule has 1 aliphatic carbocycles. The summed E-state index contributed by atoms with van der Waals surface area (Å²) in [6, 6.07) is 0. The molecule has 0 amide bonds. The van der Waals surface area contributed by atoms with Gasteiger partial charge in [-0.15, -0.1) is 0 Å². The summed E-state index contributed by atoms with van der Waals surface area (Å²) in [4.78, 5) is 11.1. The summed E-state index contributed by atoms with van der Waals surface area (Å²) in [6.07, 6.45) is 4.38. The number of hydrogen-bond donors (Lipinski definition) is 0. The summed E-state index contributed by atoms with van der Waals surface area (Å²) < 4.78 is 0. The Morgan fingerprint density at radius 2 is 1.93 bits per heavy atom. The number of carbonyl (C=O) groups is 1. The smallest absolute Gasteiger partial charge is 0.155 e. The first-order valence-corrected chi connectivity index (χ1v) is 5.24. The highest BCUT2D eigenvalue weighted by atomic mass is 16.1. The summed E-state index contributed by atoms with van der Waals surface area (Å²) >= 11 is 0. The number of rotatable bonds is 2. The van der Waals surface area contributed by atoms with E-state index in [4.69, 9.17) is 0 Å². The molecule has 78 valence electrons. The van der Waals surface area contributed by atoms with E-state index in [0.717, 1.165) is 12.0 Å². The van der Waals surface area contributed by atoms with Crippen molar-refractivity contribution in [2.75, 3.05) is 0 Å². The topological polar surface area (TPSA) is 17.1 Å². The SMILES string of the molecule is CC(=O)C(C)=CC1=C(C)C(C)(C)CC1. The third-order valence-electron chi connectivity index (χ3n) is 3.46. The van der Waals surface area contributed by atoms with E-state index >= 15 is 0 Å². The second-order valence-electron chi connectivity index (χ2n) is 4.92. The molecule has 1 rings (SSSR count). The lowest BCUT2D eigenvalue weighted by Gasteiger charge is -2.19. The van der Waals surface area contributed by atoms with Gasteiger partial charge in [0.05, 0.1) is 0 Å². The normalized spacial score (nSPS) is 21.6. The first kappa shape index (κ1) is 11.2. The lowest BCUT2D eigenvalue weighted by atomic mass is 9.86. The molecule has 0 aromatic carbocycles. The standard InChI is InChI=1S/C13H20O/c1-9(11(3)14)8-12-6-7-13(4,5)10(12)2/h8H,6-7H2,1-5H3. The molecule has 14 heavy (non-hydrogen) atoms. The maximum atomic E-state index is 11.1. The van der Waals surface area contributed by atoms with Crippen LogP contribution in [0.5, 0.6) is 0 Å². The van der Waals surface area contributed by atoms with Crippen molar-refractivity contribution in [2.45, 2.75) is 47.5 Å². The molecule has 0 N–H and O–H groups in total. The lowest BCUT2D eigenvalue weighted by molar-refractivity contribution is -0.113. The highest BCUT2D eigenvalue weighted by molar-refractivity contribution is 5.93. The Balaban J connectivity index is 2.97. The van der Waals surface area contributed by atoms with Crippen LogP contribution < -0.4 is 0 Å². The van der Waals surface area contributed by atoms with Crippen LogP contribution in [-0.4, -0.2) is 5.78 Å². The van der Waals surface area contributed by atoms with Crippen molar-refractivity contribution >= 4 is 5.78 Å². The molecule has 1 nitrogen and oxygen atoms in total. The first-order chi connectivity index (χ1) is 6.34. The van der Waals surface area contributed by atoms with Crippen LogP contribution in [-0.2, 0) is 4.79 Å². The lowest BCUT2D eigenvalue weighted by Crippen LogP contribution is -2.06. The highest BCUT2D eigenvalue weighted by Crippen LogP contribution is 2.42. The van der Waals surface area contributed by atoms with E-state index in [1.54, 1.807) is 6.92 Å². The van der Waals surface area contributed by atoms with Crippen LogP contribution in [0, 0.1) is 5.41 Å². The van der Waals surface area contributed by atoms with Crippen molar-refractivity contribution in [1.82, 2.24) is 0 Å². The molecule has 1 heteroatoms. The Hall–Kier alpha value is -0.850. The maximum absolute atomic E-state index is 11.1. The number of hydrogen-bond acceptors (Lipinski definition) is 1. The summed E-state index contributed by atoms with van der Waals surface area (Å²) in [5.41, 5.74) is 4.00. The molecule has 1 aliphatic rings. The number of Topliss-reactive ketones (excluding diaryl/α,β-unsaturated/α-hetero) is 1. The van der Waals surface area contributed by atoms with Gasteiger partial charge in [0, 0.05) is 0 Å². The van der Waals surface area contributed by atoms with Gasteiger partial charge < -0.3 is 0 Å². The second-order valence-corrected chi connectivity index (χ2v) is 4.92. The molecular weight excluding hydrogens is 172 g/mol. The van der Waals surface area contributed by atoms with Crippen molar-refractivity contribution in [3.8, 4) is 0 Å². The van der Waals surface area contributed by atoms with Crippen LogP contribution in [0.4, 0.5) is 0 Å². The summed E-state index contributed by atoms with van der Waals surface area (Å²) in [7, 11) is 0. The van der Waals surface area contributed by atoms with Crippen LogP contribution in [0.15, 0.2) is 22.8 Å². The van der Waals surface area contributed by atoms with Gasteiger partial charge in [-0.05, 0) is 50.2 Å². The van der Waals surface area contributed by atoms with Crippen LogP contribution in [0.25, 0.3) is 0 Å². The molecule has 0 heterocycles. The van der Waals surface area contributed by atoms with Crippen molar-refractivity contribution in [2.24, 2.45) is 5.41 Å². The summed E-state index contributed by atoms with van der Waals surface area (Å²) in [5, 5.41) is 0. The van der Waals surface area contributed by atoms with Crippen LogP contribution in [0.2, 0.25) is 0 Å². The molecule has 0 saturated heterocycles. The molecule has 0 saturated carbocycles.